The van der Waals surface area contributed by atoms with Crippen molar-refractivity contribution in [2.75, 3.05) is 18.9 Å². The normalized spacial score (nSPS) is 12.3. The van der Waals surface area contributed by atoms with Gasteiger partial charge in [0, 0.05) is 12.5 Å². The minimum Gasteiger partial charge on any atom is -0.404 e. The second kappa shape index (κ2) is 8.89. The molecule has 0 saturated carbocycles. The van der Waals surface area contributed by atoms with Crippen molar-refractivity contribution >= 4 is 27.7 Å². The number of alkyl halides is 3. The minimum atomic E-state index is -4.93. The number of carbonyl (C=O) groups is 1. The largest absolute Gasteiger partial charge is 0.573 e. The molecule has 10 heteroatoms. The second-order valence-electron chi connectivity index (χ2n) is 5.61. The van der Waals surface area contributed by atoms with E-state index in [0.29, 0.717) is 5.56 Å². The lowest BCUT2D eigenvalue weighted by molar-refractivity contribution is -0.274. The molecule has 0 saturated heterocycles. The number of nitrogens with zero attached hydrogens (tertiary/aromatic N) is 1. The zero-order valence-electron chi connectivity index (χ0n) is 14.7. The Labute approximate surface area is 160 Å². The van der Waals surface area contributed by atoms with Crippen molar-refractivity contribution in [3.8, 4) is 5.75 Å². The lowest BCUT2D eigenvalue weighted by Gasteiger charge is -2.16. The van der Waals surface area contributed by atoms with Gasteiger partial charge in [-0.1, -0.05) is 42.5 Å². The number of ether oxygens (including phenoxy) is 1. The summed E-state index contributed by atoms with van der Waals surface area (Å²) < 4.78 is 66.3. The first kappa shape index (κ1) is 21.5. The zero-order chi connectivity index (χ0) is 20.8. The van der Waals surface area contributed by atoms with Crippen molar-refractivity contribution in [1.29, 1.82) is 0 Å². The first-order chi connectivity index (χ1) is 13.1. The van der Waals surface area contributed by atoms with Crippen LogP contribution in [0.2, 0.25) is 0 Å². The van der Waals surface area contributed by atoms with Crippen molar-refractivity contribution in [3.63, 3.8) is 0 Å². The number of para-hydroxylation sites is 2. The number of rotatable bonds is 7. The van der Waals surface area contributed by atoms with Crippen molar-refractivity contribution in [2.24, 2.45) is 0 Å². The molecule has 1 amide bonds. The van der Waals surface area contributed by atoms with Crippen molar-refractivity contribution in [3.05, 3.63) is 65.6 Å². The quantitative estimate of drug-likeness (QED) is 0.753. The highest BCUT2D eigenvalue weighted by molar-refractivity contribution is 7.92. The number of nitrogens with one attached hydrogen (secondary N) is 1. The molecule has 0 heterocycles. The maximum Gasteiger partial charge on any atom is 0.573 e. The van der Waals surface area contributed by atoms with Crippen LogP contribution in [0, 0.1) is 0 Å². The SMILES string of the molecule is CN(CC(=O)Nc1ccccc1OC(F)(F)F)S(=O)(=O)/C=C/c1ccccc1. The summed E-state index contributed by atoms with van der Waals surface area (Å²) in [4.78, 5) is 12.1. The molecule has 0 bridgehead atoms. The van der Waals surface area contributed by atoms with E-state index >= 15 is 0 Å². The molecule has 28 heavy (non-hydrogen) atoms. The van der Waals surface area contributed by atoms with E-state index in [1.165, 1.54) is 31.3 Å². The van der Waals surface area contributed by atoms with Gasteiger partial charge in [0.2, 0.25) is 15.9 Å². The Bertz CT molecular complexity index is 945. The van der Waals surface area contributed by atoms with E-state index in [1.54, 1.807) is 30.3 Å². The number of carbonyl (C=O) groups excluding carboxylic acids is 1. The molecular weight excluding hydrogens is 397 g/mol. The van der Waals surface area contributed by atoms with Crippen LogP contribution in [0.3, 0.4) is 0 Å². The Hall–Kier alpha value is -2.85. The first-order valence-corrected chi connectivity index (χ1v) is 9.41. The number of anilines is 1. The lowest BCUT2D eigenvalue weighted by Crippen LogP contribution is -2.34. The molecular formula is C18H17F3N2O4S. The predicted molar refractivity (Wildman–Crippen MR) is 98.8 cm³/mol. The number of sulfonamides is 1. The number of hydrogen-bond donors (Lipinski definition) is 1. The zero-order valence-corrected chi connectivity index (χ0v) is 15.5. The summed E-state index contributed by atoms with van der Waals surface area (Å²) in [6.07, 6.45) is -3.56. The van der Waals surface area contributed by atoms with E-state index in [0.717, 1.165) is 15.8 Å². The second-order valence-corrected chi connectivity index (χ2v) is 7.53. The number of benzene rings is 2. The van der Waals surface area contributed by atoms with Crippen LogP contribution in [0.4, 0.5) is 18.9 Å². The fourth-order valence-electron chi connectivity index (χ4n) is 2.10. The lowest BCUT2D eigenvalue weighted by atomic mass is 10.2. The van der Waals surface area contributed by atoms with Gasteiger partial charge in [0.05, 0.1) is 12.2 Å². The Morgan fingerprint density at radius 3 is 2.36 bits per heavy atom. The van der Waals surface area contributed by atoms with Crippen molar-refractivity contribution in [2.45, 2.75) is 6.36 Å². The van der Waals surface area contributed by atoms with Gasteiger partial charge >= 0.3 is 6.36 Å². The molecule has 150 valence electrons. The van der Waals surface area contributed by atoms with Gasteiger partial charge in [-0.05, 0) is 23.8 Å². The molecule has 0 atom stereocenters. The molecule has 1 N–H and O–H groups in total. The van der Waals surface area contributed by atoms with Crippen LogP contribution in [0.25, 0.3) is 6.08 Å². The van der Waals surface area contributed by atoms with Gasteiger partial charge in [-0.2, -0.15) is 4.31 Å². The summed E-state index contributed by atoms with van der Waals surface area (Å²) in [5, 5.41) is 3.16. The summed E-state index contributed by atoms with van der Waals surface area (Å²) in [5.74, 6) is -1.42. The molecule has 0 aliphatic carbocycles. The predicted octanol–water partition coefficient (Wildman–Crippen LogP) is 3.46. The van der Waals surface area contributed by atoms with E-state index < -0.39 is 34.6 Å². The van der Waals surface area contributed by atoms with E-state index in [4.69, 9.17) is 0 Å². The fourth-order valence-corrected chi connectivity index (χ4v) is 2.93. The molecule has 2 aromatic rings. The van der Waals surface area contributed by atoms with Gasteiger partial charge < -0.3 is 10.1 Å². The first-order valence-electron chi connectivity index (χ1n) is 7.91. The highest BCUT2D eigenvalue weighted by atomic mass is 32.2. The molecule has 0 radical (unpaired) electrons. The van der Waals surface area contributed by atoms with Gasteiger partial charge in [-0.25, -0.2) is 8.42 Å². The van der Waals surface area contributed by atoms with Crippen LogP contribution in [0.5, 0.6) is 5.75 Å². The molecule has 0 fully saturated rings. The molecule has 0 unspecified atom stereocenters. The number of amides is 1. The molecule has 0 spiro atoms. The highest BCUT2D eigenvalue weighted by Crippen LogP contribution is 2.29. The van der Waals surface area contributed by atoms with Gasteiger partial charge in [-0.3, -0.25) is 4.79 Å². The molecule has 2 rings (SSSR count). The monoisotopic (exact) mass is 414 g/mol. The van der Waals surface area contributed by atoms with E-state index in [2.05, 4.69) is 10.1 Å². The van der Waals surface area contributed by atoms with Crippen LogP contribution in [-0.4, -0.2) is 38.6 Å². The van der Waals surface area contributed by atoms with Crippen LogP contribution in [0.15, 0.2) is 60.0 Å². The third-order valence-electron chi connectivity index (χ3n) is 3.42. The molecule has 2 aromatic carbocycles. The summed E-state index contributed by atoms with van der Waals surface area (Å²) >= 11 is 0. The van der Waals surface area contributed by atoms with Crippen molar-refractivity contribution < 1.29 is 31.1 Å². The maximum absolute atomic E-state index is 12.4. The van der Waals surface area contributed by atoms with Gasteiger partial charge in [0.1, 0.15) is 0 Å². The van der Waals surface area contributed by atoms with E-state index in [-0.39, 0.29) is 5.69 Å². The summed E-state index contributed by atoms with van der Waals surface area (Å²) in [6.45, 7) is -0.595. The molecule has 6 nitrogen and oxygen atoms in total. The number of likely N-dealkylation sites (N-methyl/N-ethyl adjacent to an activating group) is 1. The summed E-state index contributed by atoms with van der Waals surface area (Å²) in [5.41, 5.74) is 0.428. The third-order valence-corrected chi connectivity index (χ3v) is 4.90. The van der Waals surface area contributed by atoms with Gasteiger partial charge in [0.15, 0.2) is 5.75 Å². The summed E-state index contributed by atoms with van der Waals surface area (Å²) in [7, 11) is -2.72. The van der Waals surface area contributed by atoms with Crippen LogP contribution in [0.1, 0.15) is 5.56 Å². The van der Waals surface area contributed by atoms with E-state index in [1.807, 2.05) is 0 Å². The van der Waals surface area contributed by atoms with Crippen LogP contribution >= 0.6 is 0 Å². The Balaban J connectivity index is 2.04. The molecule has 0 aliphatic heterocycles. The maximum atomic E-state index is 12.4. The highest BCUT2D eigenvalue weighted by Gasteiger charge is 2.32. The number of halogens is 3. The Morgan fingerprint density at radius 2 is 1.71 bits per heavy atom. The molecule has 0 aromatic heterocycles. The van der Waals surface area contributed by atoms with Crippen molar-refractivity contribution in [1.82, 2.24) is 4.31 Å². The van der Waals surface area contributed by atoms with Gasteiger partial charge in [-0.15, -0.1) is 13.2 Å². The average Bonchev–Trinajstić information content (AvgIpc) is 2.61. The minimum absolute atomic E-state index is 0.226. The fraction of sp³-hybridized carbons (Fsp3) is 0.167. The molecule has 0 aliphatic rings. The van der Waals surface area contributed by atoms with Crippen LogP contribution in [-0.2, 0) is 14.8 Å². The number of hydrogen-bond acceptors (Lipinski definition) is 4. The topological polar surface area (TPSA) is 75.7 Å². The van der Waals surface area contributed by atoms with Crippen LogP contribution < -0.4 is 10.1 Å². The average molecular weight is 414 g/mol. The summed E-state index contributed by atoms with van der Waals surface area (Å²) in [6, 6.07) is 13.6. The third kappa shape index (κ3) is 6.71. The Kier molecular flexibility index (Phi) is 6.81. The smallest absolute Gasteiger partial charge is 0.404 e. The standard InChI is InChI=1S/C18H17F3N2O4S/c1-23(28(25,26)12-11-14-7-3-2-4-8-14)13-17(24)22-15-9-5-6-10-16(15)27-18(19,20)21/h2-12H,13H2,1H3,(H,22,24)/b12-11+. The van der Waals surface area contributed by atoms with Gasteiger partial charge in [0.25, 0.3) is 0 Å². The van der Waals surface area contributed by atoms with E-state index in [9.17, 15) is 26.4 Å². The Morgan fingerprint density at radius 1 is 1.11 bits per heavy atom.